The maximum Gasteiger partial charge on any atom is 0.217 e. The standard InChI is InChI=1S/C5H7N3O2/c1-4(9)6-2-5-3-7-10-8-5/h3H,2H2,1H3,(H,6,9). The minimum Gasteiger partial charge on any atom is -0.350 e. The Morgan fingerprint density at radius 2 is 2.70 bits per heavy atom. The molecule has 5 heteroatoms. The molecular formula is C5H7N3O2. The van der Waals surface area contributed by atoms with Crippen molar-refractivity contribution < 1.29 is 9.42 Å². The van der Waals surface area contributed by atoms with Gasteiger partial charge in [0.1, 0.15) is 5.69 Å². The van der Waals surface area contributed by atoms with Crippen molar-refractivity contribution >= 4 is 5.91 Å². The smallest absolute Gasteiger partial charge is 0.217 e. The van der Waals surface area contributed by atoms with Gasteiger partial charge in [0.05, 0.1) is 12.7 Å². The first-order valence-electron chi connectivity index (χ1n) is 2.80. The Bertz CT molecular complexity index is 207. The van der Waals surface area contributed by atoms with Gasteiger partial charge in [-0.05, 0) is 0 Å². The summed E-state index contributed by atoms with van der Waals surface area (Å²) in [5.74, 6) is -0.0944. The molecule has 1 N–H and O–H groups in total. The first-order chi connectivity index (χ1) is 4.79. The van der Waals surface area contributed by atoms with Crippen molar-refractivity contribution in [1.29, 1.82) is 0 Å². The first-order valence-corrected chi connectivity index (χ1v) is 2.80. The number of carbonyl (C=O) groups excluding carboxylic acids is 1. The topological polar surface area (TPSA) is 68.0 Å². The molecule has 0 aliphatic rings. The lowest BCUT2D eigenvalue weighted by Crippen LogP contribution is -2.18. The van der Waals surface area contributed by atoms with Gasteiger partial charge in [-0.3, -0.25) is 4.79 Å². The van der Waals surface area contributed by atoms with Gasteiger partial charge >= 0.3 is 0 Å². The zero-order valence-corrected chi connectivity index (χ0v) is 5.50. The largest absolute Gasteiger partial charge is 0.350 e. The lowest BCUT2D eigenvalue weighted by atomic mass is 10.5. The van der Waals surface area contributed by atoms with Crippen molar-refractivity contribution in [3.05, 3.63) is 11.9 Å². The van der Waals surface area contributed by atoms with Crippen LogP contribution in [-0.4, -0.2) is 16.2 Å². The molecule has 0 saturated carbocycles. The van der Waals surface area contributed by atoms with Crippen LogP contribution in [0, 0.1) is 0 Å². The van der Waals surface area contributed by atoms with Crippen LogP contribution in [0.5, 0.6) is 0 Å². The van der Waals surface area contributed by atoms with Crippen LogP contribution < -0.4 is 5.32 Å². The Morgan fingerprint density at radius 1 is 1.90 bits per heavy atom. The Kier molecular flexibility index (Phi) is 1.99. The van der Waals surface area contributed by atoms with E-state index in [-0.39, 0.29) is 5.91 Å². The molecule has 0 saturated heterocycles. The van der Waals surface area contributed by atoms with Gasteiger partial charge in [0.2, 0.25) is 5.91 Å². The van der Waals surface area contributed by atoms with Gasteiger partial charge in [-0.1, -0.05) is 10.3 Å². The molecule has 0 unspecified atom stereocenters. The number of carbonyl (C=O) groups is 1. The number of nitrogens with zero attached hydrogens (tertiary/aromatic N) is 2. The average Bonchev–Trinajstić information content (AvgIpc) is 2.34. The molecule has 0 fully saturated rings. The third-order valence-corrected chi connectivity index (χ3v) is 0.925. The second kappa shape index (κ2) is 2.95. The third kappa shape index (κ3) is 1.85. The highest BCUT2D eigenvalue weighted by atomic mass is 16.6. The minimum absolute atomic E-state index is 0.0944. The fourth-order valence-corrected chi connectivity index (χ4v) is 0.477. The number of amides is 1. The van der Waals surface area contributed by atoms with Gasteiger partial charge in [-0.15, -0.1) is 0 Å². The molecule has 0 radical (unpaired) electrons. The summed E-state index contributed by atoms with van der Waals surface area (Å²) in [6, 6.07) is 0. The third-order valence-electron chi connectivity index (χ3n) is 0.925. The van der Waals surface area contributed by atoms with E-state index in [0.29, 0.717) is 12.2 Å². The Hall–Kier alpha value is -1.39. The predicted octanol–water partition coefficient (Wildman–Crippen LogP) is -0.294. The highest BCUT2D eigenvalue weighted by Crippen LogP contribution is 1.87. The van der Waals surface area contributed by atoms with Crippen LogP contribution in [0.4, 0.5) is 0 Å². The predicted molar refractivity (Wildman–Crippen MR) is 31.8 cm³/mol. The molecule has 1 aromatic heterocycles. The molecule has 54 valence electrons. The Labute approximate surface area is 57.4 Å². The highest BCUT2D eigenvalue weighted by molar-refractivity contribution is 5.72. The van der Waals surface area contributed by atoms with Gasteiger partial charge in [0.25, 0.3) is 0 Å². The van der Waals surface area contributed by atoms with Crippen LogP contribution >= 0.6 is 0 Å². The molecule has 0 aromatic carbocycles. The lowest BCUT2D eigenvalue weighted by Gasteiger charge is -1.93. The van der Waals surface area contributed by atoms with Gasteiger partial charge in [-0.25, -0.2) is 4.63 Å². The number of rotatable bonds is 2. The summed E-state index contributed by atoms with van der Waals surface area (Å²) in [5.41, 5.74) is 0.621. The number of nitrogens with one attached hydrogen (secondary N) is 1. The summed E-state index contributed by atoms with van der Waals surface area (Å²) in [7, 11) is 0. The molecule has 1 heterocycles. The van der Waals surface area contributed by atoms with Crippen molar-refractivity contribution in [3.63, 3.8) is 0 Å². The second-order valence-electron chi connectivity index (χ2n) is 1.81. The van der Waals surface area contributed by atoms with E-state index in [1.807, 2.05) is 0 Å². The molecule has 5 nitrogen and oxygen atoms in total. The van der Waals surface area contributed by atoms with Crippen LogP contribution in [0.3, 0.4) is 0 Å². The van der Waals surface area contributed by atoms with Crippen LogP contribution in [0.15, 0.2) is 10.8 Å². The van der Waals surface area contributed by atoms with E-state index >= 15 is 0 Å². The van der Waals surface area contributed by atoms with Gasteiger partial charge < -0.3 is 5.32 Å². The molecule has 10 heavy (non-hydrogen) atoms. The Morgan fingerprint density at radius 3 is 3.20 bits per heavy atom. The maximum absolute atomic E-state index is 10.3. The SMILES string of the molecule is CC(=O)NCc1cnon1. The van der Waals surface area contributed by atoms with E-state index in [1.165, 1.54) is 13.1 Å². The summed E-state index contributed by atoms with van der Waals surface area (Å²) >= 11 is 0. The average molecular weight is 141 g/mol. The summed E-state index contributed by atoms with van der Waals surface area (Å²) in [5, 5.41) is 9.40. The van der Waals surface area contributed by atoms with Crippen molar-refractivity contribution in [2.75, 3.05) is 0 Å². The number of hydrogen-bond donors (Lipinski definition) is 1. The van der Waals surface area contributed by atoms with Crippen LogP contribution in [0.1, 0.15) is 12.6 Å². The highest BCUT2D eigenvalue weighted by Gasteiger charge is 1.96. The van der Waals surface area contributed by atoms with E-state index in [2.05, 4.69) is 20.3 Å². The molecule has 0 spiro atoms. The van der Waals surface area contributed by atoms with E-state index in [4.69, 9.17) is 0 Å². The summed E-state index contributed by atoms with van der Waals surface area (Å²) in [6.45, 7) is 1.81. The van der Waals surface area contributed by atoms with Crippen LogP contribution in [-0.2, 0) is 11.3 Å². The fourth-order valence-electron chi connectivity index (χ4n) is 0.477. The zero-order valence-electron chi connectivity index (χ0n) is 5.50. The minimum atomic E-state index is -0.0944. The number of hydrogen-bond acceptors (Lipinski definition) is 4. The van der Waals surface area contributed by atoms with Gasteiger partial charge in [-0.2, -0.15) is 0 Å². The van der Waals surface area contributed by atoms with Gasteiger partial charge in [0, 0.05) is 6.92 Å². The van der Waals surface area contributed by atoms with Crippen molar-refractivity contribution in [1.82, 2.24) is 15.6 Å². The van der Waals surface area contributed by atoms with Crippen molar-refractivity contribution in [2.24, 2.45) is 0 Å². The fraction of sp³-hybridized carbons (Fsp3) is 0.400. The Balaban J connectivity index is 2.35. The van der Waals surface area contributed by atoms with Crippen molar-refractivity contribution in [2.45, 2.75) is 13.5 Å². The molecule has 0 atom stereocenters. The molecule has 0 aliphatic carbocycles. The normalized spacial score (nSPS) is 9.30. The van der Waals surface area contributed by atoms with Crippen LogP contribution in [0.25, 0.3) is 0 Å². The summed E-state index contributed by atoms with van der Waals surface area (Å²) in [6.07, 6.45) is 1.45. The van der Waals surface area contributed by atoms with E-state index in [0.717, 1.165) is 0 Å². The van der Waals surface area contributed by atoms with Crippen molar-refractivity contribution in [3.8, 4) is 0 Å². The molecule has 0 bridgehead atoms. The van der Waals surface area contributed by atoms with Gasteiger partial charge in [0.15, 0.2) is 0 Å². The van der Waals surface area contributed by atoms with E-state index < -0.39 is 0 Å². The number of aromatic nitrogens is 2. The first kappa shape index (κ1) is 6.73. The molecule has 0 aliphatic heterocycles. The quantitative estimate of drug-likeness (QED) is 0.614. The van der Waals surface area contributed by atoms with E-state index in [1.54, 1.807) is 0 Å². The van der Waals surface area contributed by atoms with E-state index in [9.17, 15) is 4.79 Å². The second-order valence-corrected chi connectivity index (χ2v) is 1.81. The lowest BCUT2D eigenvalue weighted by molar-refractivity contribution is -0.119. The molecule has 1 aromatic rings. The maximum atomic E-state index is 10.3. The monoisotopic (exact) mass is 141 g/mol. The summed E-state index contributed by atoms with van der Waals surface area (Å²) < 4.78 is 4.30. The summed E-state index contributed by atoms with van der Waals surface area (Å²) in [4.78, 5) is 10.3. The zero-order chi connectivity index (χ0) is 7.40. The molecule has 1 rings (SSSR count). The molecule has 1 amide bonds. The van der Waals surface area contributed by atoms with Crippen LogP contribution in [0.2, 0.25) is 0 Å². The molecular weight excluding hydrogens is 134 g/mol.